The lowest BCUT2D eigenvalue weighted by Gasteiger charge is -2.36. The molecule has 2 rings (SSSR count). The molecule has 1 saturated carbocycles. The fraction of sp³-hybridized carbons (Fsp3) is 0.800. The molecule has 1 saturated heterocycles. The minimum atomic E-state index is -0.925. The van der Waals surface area contributed by atoms with Gasteiger partial charge in [0, 0.05) is 19.5 Å². The van der Waals surface area contributed by atoms with Gasteiger partial charge in [-0.25, -0.2) is 4.79 Å². The summed E-state index contributed by atoms with van der Waals surface area (Å²) in [6.45, 7) is 2.78. The van der Waals surface area contributed by atoms with Crippen LogP contribution in [0.2, 0.25) is 0 Å². The molecule has 0 aromatic heterocycles. The average Bonchev–Trinajstić information content (AvgIpc) is 3.05. The minimum Gasteiger partial charge on any atom is -0.438 e. The molecule has 6 nitrogen and oxygen atoms in total. The average molecular weight is 263 g/mol. The summed E-state index contributed by atoms with van der Waals surface area (Å²) in [5, 5.41) is 10.1. The molecule has 1 atom stereocenters. The van der Waals surface area contributed by atoms with E-state index in [2.05, 4.69) is 0 Å². The van der Waals surface area contributed by atoms with Crippen molar-refractivity contribution >= 4 is 23.6 Å². The molecule has 0 bridgehead atoms. The molecule has 1 unspecified atom stereocenters. The summed E-state index contributed by atoms with van der Waals surface area (Å²) in [6, 6.07) is -0.545. The summed E-state index contributed by atoms with van der Waals surface area (Å²) in [6.07, 6.45) is 0.629. The van der Waals surface area contributed by atoms with Gasteiger partial charge in [0.25, 0.3) is 0 Å². The number of ether oxygens (including phenoxy) is 1. The van der Waals surface area contributed by atoms with Crippen LogP contribution in [0.1, 0.15) is 26.2 Å². The lowest BCUT2D eigenvalue weighted by molar-refractivity contribution is -0.205. The highest BCUT2D eigenvalue weighted by molar-refractivity contribution is 6.36. The quantitative estimate of drug-likeness (QED) is 0.471. The van der Waals surface area contributed by atoms with Crippen LogP contribution >= 0.6 is 11.6 Å². The molecule has 96 valence electrons. The van der Waals surface area contributed by atoms with E-state index in [9.17, 15) is 14.8 Å². The van der Waals surface area contributed by atoms with Crippen LogP contribution in [0.5, 0.6) is 0 Å². The van der Waals surface area contributed by atoms with E-state index in [-0.39, 0.29) is 0 Å². The first-order valence-corrected chi connectivity index (χ1v) is 6.03. The van der Waals surface area contributed by atoms with Gasteiger partial charge < -0.3 is 9.64 Å². The summed E-state index contributed by atoms with van der Waals surface area (Å²) < 4.78 is 5.05. The molecule has 0 radical (unpaired) electrons. The summed E-state index contributed by atoms with van der Waals surface area (Å²) in [4.78, 5) is 23.7. The molecule has 1 N–H and O–H groups in total. The van der Waals surface area contributed by atoms with Crippen LogP contribution in [0.15, 0.2) is 0 Å². The zero-order valence-electron chi connectivity index (χ0n) is 9.56. The molecule has 1 aliphatic carbocycles. The van der Waals surface area contributed by atoms with Crippen LogP contribution in [-0.2, 0) is 9.53 Å². The van der Waals surface area contributed by atoms with E-state index in [1.807, 2.05) is 6.92 Å². The van der Waals surface area contributed by atoms with Crippen molar-refractivity contribution in [2.75, 3.05) is 13.1 Å². The Bertz CT molecular complexity index is 345. The van der Waals surface area contributed by atoms with E-state index < -0.39 is 23.1 Å². The first-order chi connectivity index (χ1) is 7.98. The van der Waals surface area contributed by atoms with Gasteiger partial charge in [0.1, 0.15) is 4.87 Å². The van der Waals surface area contributed by atoms with Gasteiger partial charge in [-0.3, -0.25) is 10.0 Å². The molecule has 1 aliphatic heterocycles. The third kappa shape index (κ3) is 2.32. The Morgan fingerprint density at radius 2 is 2.29 bits per heavy atom. The number of nitrogens with zero attached hydrogens (tertiary/aromatic N) is 2. The van der Waals surface area contributed by atoms with Crippen molar-refractivity contribution in [1.82, 2.24) is 9.96 Å². The van der Waals surface area contributed by atoms with E-state index >= 15 is 0 Å². The van der Waals surface area contributed by atoms with Gasteiger partial charge in [0.2, 0.25) is 6.23 Å². The molecular weight excluding hydrogens is 248 g/mol. The van der Waals surface area contributed by atoms with Gasteiger partial charge in [-0.1, -0.05) is 0 Å². The lowest BCUT2D eigenvalue weighted by Crippen LogP contribution is -2.54. The summed E-state index contributed by atoms with van der Waals surface area (Å²) in [7, 11) is 0. The van der Waals surface area contributed by atoms with Crippen molar-refractivity contribution < 1.29 is 19.5 Å². The van der Waals surface area contributed by atoms with Crippen LogP contribution in [0.25, 0.3) is 0 Å². The van der Waals surface area contributed by atoms with Gasteiger partial charge >= 0.3 is 12.0 Å². The first-order valence-electron chi connectivity index (χ1n) is 5.65. The number of alkyl halides is 1. The van der Waals surface area contributed by atoms with Crippen LogP contribution in [0, 0.1) is 0 Å². The molecule has 2 amide bonds. The van der Waals surface area contributed by atoms with E-state index in [0.717, 1.165) is 0 Å². The predicted molar refractivity (Wildman–Crippen MR) is 58.6 cm³/mol. The highest BCUT2D eigenvalue weighted by Gasteiger charge is 2.51. The Kier molecular flexibility index (Phi) is 3.18. The van der Waals surface area contributed by atoms with Crippen molar-refractivity contribution in [2.24, 2.45) is 0 Å². The van der Waals surface area contributed by atoms with Gasteiger partial charge in [-0.2, -0.15) is 5.06 Å². The zero-order valence-corrected chi connectivity index (χ0v) is 10.3. The zero-order chi connectivity index (χ0) is 12.6. The summed E-state index contributed by atoms with van der Waals surface area (Å²) in [5.74, 6) is -0.555. The van der Waals surface area contributed by atoms with Crippen molar-refractivity contribution in [2.45, 2.75) is 37.3 Å². The Balaban J connectivity index is 1.94. The molecule has 0 aromatic rings. The number of esters is 1. The van der Waals surface area contributed by atoms with Crippen LogP contribution in [-0.4, -0.2) is 51.4 Å². The highest BCUT2D eigenvalue weighted by Crippen LogP contribution is 2.44. The van der Waals surface area contributed by atoms with Crippen LogP contribution in [0.3, 0.4) is 0 Å². The smallest absolute Gasteiger partial charge is 0.347 e. The fourth-order valence-corrected chi connectivity index (χ4v) is 1.84. The van der Waals surface area contributed by atoms with Gasteiger partial charge in [-0.15, -0.1) is 11.6 Å². The third-order valence-electron chi connectivity index (χ3n) is 3.06. The number of halogens is 1. The van der Waals surface area contributed by atoms with Crippen molar-refractivity contribution in [1.29, 1.82) is 0 Å². The number of urea groups is 1. The molecule has 2 aliphatic rings. The number of amides is 2. The Hall–Kier alpha value is -1.01. The van der Waals surface area contributed by atoms with Crippen molar-refractivity contribution in [3.8, 4) is 0 Å². The fourth-order valence-electron chi connectivity index (χ4n) is 1.70. The number of hydroxylamine groups is 2. The number of carbonyl (C=O) groups is 2. The van der Waals surface area contributed by atoms with Gasteiger partial charge in [-0.05, 0) is 19.8 Å². The Morgan fingerprint density at radius 3 is 2.82 bits per heavy atom. The normalized spacial score (nSPS) is 27.0. The van der Waals surface area contributed by atoms with Gasteiger partial charge in [0.15, 0.2) is 0 Å². The predicted octanol–water partition coefficient (Wildman–Crippen LogP) is 1.16. The third-order valence-corrected chi connectivity index (χ3v) is 3.60. The SMILES string of the molecule is CCN1CCC(OC(=O)C2(Cl)CC2)N(O)C1=O. The van der Waals surface area contributed by atoms with E-state index in [1.54, 1.807) is 0 Å². The van der Waals surface area contributed by atoms with Crippen molar-refractivity contribution in [3.63, 3.8) is 0 Å². The molecule has 17 heavy (non-hydrogen) atoms. The second-order valence-electron chi connectivity index (χ2n) is 4.32. The number of hydrogen-bond acceptors (Lipinski definition) is 4. The topological polar surface area (TPSA) is 70.1 Å². The minimum absolute atomic E-state index is 0.384. The second-order valence-corrected chi connectivity index (χ2v) is 5.04. The Morgan fingerprint density at radius 1 is 1.65 bits per heavy atom. The molecular formula is C10H15ClN2O4. The van der Waals surface area contributed by atoms with Gasteiger partial charge in [0.05, 0.1) is 0 Å². The molecule has 1 heterocycles. The Labute approximate surface area is 104 Å². The van der Waals surface area contributed by atoms with E-state index in [1.165, 1.54) is 4.90 Å². The summed E-state index contributed by atoms with van der Waals surface area (Å²) >= 11 is 5.88. The molecule has 0 spiro atoms. The number of rotatable bonds is 3. The van der Waals surface area contributed by atoms with E-state index in [0.29, 0.717) is 37.4 Å². The monoisotopic (exact) mass is 262 g/mol. The summed E-state index contributed by atoms with van der Waals surface area (Å²) in [5.41, 5.74) is 0. The molecule has 2 fully saturated rings. The maximum Gasteiger partial charge on any atom is 0.347 e. The van der Waals surface area contributed by atoms with Crippen LogP contribution in [0.4, 0.5) is 4.79 Å². The first kappa shape index (κ1) is 12.4. The van der Waals surface area contributed by atoms with E-state index in [4.69, 9.17) is 16.3 Å². The number of carbonyl (C=O) groups excluding carboxylic acids is 2. The largest absolute Gasteiger partial charge is 0.438 e. The number of hydrogen-bond donors (Lipinski definition) is 1. The van der Waals surface area contributed by atoms with Crippen molar-refractivity contribution in [3.05, 3.63) is 0 Å². The lowest BCUT2D eigenvalue weighted by atomic mass is 10.3. The maximum absolute atomic E-state index is 11.6. The second kappa shape index (κ2) is 4.34. The molecule has 7 heteroatoms. The van der Waals surface area contributed by atoms with Crippen LogP contribution < -0.4 is 0 Å². The standard InChI is InChI=1S/C10H15ClN2O4/c1-2-12-6-3-7(13(16)9(12)15)17-8(14)10(11)4-5-10/h7,16H,2-6H2,1H3. The molecule has 0 aromatic carbocycles. The highest BCUT2D eigenvalue weighted by atomic mass is 35.5. The maximum atomic E-state index is 11.6.